The van der Waals surface area contributed by atoms with Crippen LogP contribution < -0.4 is 5.73 Å². The first-order chi connectivity index (χ1) is 7.51. The molecule has 0 aromatic carbocycles. The molecule has 0 radical (unpaired) electrons. The van der Waals surface area contributed by atoms with Gasteiger partial charge in [0.2, 0.25) is 0 Å². The lowest BCUT2D eigenvalue weighted by atomic mass is 10.0. The van der Waals surface area contributed by atoms with Gasteiger partial charge in [-0.1, -0.05) is 13.3 Å². The van der Waals surface area contributed by atoms with E-state index in [0.717, 1.165) is 25.7 Å². The Hall–Kier alpha value is -0.120. The lowest BCUT2D eigenvalue weighted by Gasteiger charge is -2.45. The van der Waals surface area contributed by atoms with E-state index >= 15 is 0 Å². The molecule has 0 bridgehead atoms. The van der Waals surface area contributed by atoms with Crippen LogP contribution in [0.1, 0.15) is 40.5 Å². The number of hydrogen-bond donors (Lipinski definition) is 1. The SMILES string of the molecule is CCCC(C)N1CCN(C(C)(C)CN)CC1. The molecule has 0 aromatic heterocycles. The van der Waals surface area contributed by atoms with Crippen molar-refractivity contribution in [3.8, 4) is 0 Å². The minimum absolute atomic E-state index is 0.167. The summed E-state index contributed by atoms with van der Waals surface area (Å²) >= 11 is 0. The predicted octanol–water partition coefficient (Wildman–Crippen LogP) is 1.53. The molecule has 0 saturated carbocycles. The fourth-order valence-corrected chi connectivity index (χ4v) is 2.50. The van der Waals surface area contributed by atoms with Crippen molar-refractivity contribution in [1.82, 2.24) is 9.80 Å². The molecular weight excluding hydrogens is 198 g/mol. The van der Waals surface area contributed by atoms with Gasteiger partial charge >= 0.3 is 0 Å². The molecular formula is C13H29N3. The number of rotatable bonds is 5. The standard InChI is InChI=1S/C13H29N3/c1-5-6-12(2)15-7-9-16(10-8-15)13(3,4)11-14/h12H,5-11,14H2,1-4H3. The highest BCUT2D eigenvalue weighted by Gasteiger charge is 2.29. The monoisotopic (exact) mass is 227 g/mol. The fourth-order valence-electron chi connectivity index (χ4n) is 2.50. The molecule has 96 valence electrons. The number of piperazine rings is 1. The maximum absolute atomic E-state index is 5.82. The van der Waals surface area contributed by atoms with E-state index < -0.39 is 0 Å². The largest absolute Gasteiger partial charge is 0.329 e. The first-order valence-corrected chi connectivity index (χ1v) is 6.70. The Morgan fingerprint density at radius 3 is 2.19 bits per heavy atom. The van der Waals surface area contributed by atoms with E-state index in [9.17, 15) is 0 Å². The van der Waals surface area contributed by atoms with Crippen LogP contribution in [0.15, 0.2) is 0 Å². The Bertz CT molecular complexity index is 195. The molecule has 0 aliphatic carbocycles. The number of nitrogens with two attached hydrogens (primary N) is 1. The second-order valence-corrected chi connectivity index (χ2v) is 5.68. The van der Waals surface area contributed by atoms with Crippen LogP contribution in [0.2, 0.25) is 0 Å². The average Bonchev–Trinajstić information content (AvgIpc) is 2.29. The summed E-state index contributed by atoms with van der Waals surface area (Å²) in [4.78, 5) is 5.15. The second kappa shape index (κ2) is 5.99. The second-order valence-electron chi connectivity index (χ2n) is 5.68. The van der Waals surface area contributed by atoms with Gasteiger partial charge in [0.1, 0.15) is 0 Å². The smallest absolute Gasteiger partial charge is 0.0276 e. The van der Waals surface area contributed by atoms with E-state index in [1.807, 2.05) is 0 Å². The molecule has 0 amide bonds. The van der Waals surface area contributed by atoms with Gasteiger partial charge in [-0.25, -0.2) is 0 Å². The van der Waals surface area contributed by atoms with Crippen molar-refractivity contribution >= 4 is 0 Å². The molecule has 0 aromatic rings. The van der Waals surface area contributed by atoms with Crippen LogP contribution in [0, 0.1) is 0 Å². The Balaban J connectivity index is 2.39. The molecule has 1 fully saturated rings. The van der Waals surface area contributed by atoms with Gasteiger partial charge in [0.15, 0.2) is 0 Å². The number of nitrogens with zero attached hydrogens (tertiary/aromatic N) is 2. The van der Waals surface area contributed by atoms with Gasteiger partial charge in [-0.05, 0) is 27.2 Å². The van der Waals surface area contributed by atoms with E-state index in [-0.39, 0.29) is 5.54 Å². The summed E-state index contributed by atoms with van der Waals surface area (Å²) < 4.78 is 0. The molecule has 1 rings (SSSR count). The van der Waals surface area contributed by atoms with Gasteiger partial charge in [-0.2, -0.15) is 0 Å². The molecule has 3 nitrogen and oxygen atoms in total. The molecule has 1 heterocycles. The highest BCUT2D eigenvalue weighted by Crippen LogP contribution is 2.17. The lowest BCUT2D eigenvalue weighted by Crippen LogP contribution is -2.58. The predicted molar refractivity (Wildman–Crippen MR) is 70.6 cm³/mol. The van der Waals surface area contributed by atoms with Gasteiger partial charge in [-0.3, -0.25) is 9.80 Å². The van der Waals surface area contributed by atoms with Crippen LogP contribution in [0.5, 0.6) is 0 Å². The zero-order valence-corrected chi connectivity index (χ0v) is 11.5. The minimum atomic E-state index is 0.167. The molecule has 2 N–H and O–H groups in total. The van der Waals surface area contributed by atoms with E-state index in [4.69, 9.17) is 5.73 Å². The average molecular weight is 227 g/mol. The van der Waals surface area contributed by atoms with E-state index in [2.05, 4.69) is 37.5 Å². The maximum atomic E-state index is 5.82. The fraction of sp³-hybridized carbons (Fsp3) is 1.00. The summed E-state index contributed by atoms with van der Waals surface area (Å²) in [6, 6.07) is 0.744. The van der Waals surface area contributed by atoms with Crippen molar-refractivity contribution in [2.75, 3.05) is 32.7 Å². The van der Waals surface area contributed by atoms with Crippen molar-refractivity contribution in [3.63, 3.8) is 0 Å². The Labute approximate surface area is 101 Å². The third-order valence-electron chi connectivity index (χ3n) is 4.00. The first-order valence-electron chi connectivity index (χ1n) is 6.70. The van der Waals surface area contributed by atoms with Gasteiger partial charge in [0.05, 0.1) is 0 Å². The summed E-state index contributed by atoms with van der Waals surface area (Å²) in [7, 11) is 0. The summed E-state index contributed by atoms with van der Waals surface area (Å²) in [5.41, 5.74) is 5.99. The molecule has 1 unspecified atom stereocenters. The van der Waals surface area contributed by atoms with Crippen LogP contribution in [0.4, 0.5) is 0 Å². The highest BCUT2D eigenvalue weighted by atomic mass is 15.3. The molecule has 16 heavy (non-hydrogen) atoms. The van der Waals surface area contributed by atoms with E-state index in [1.165, 1.54) is 25.9 Å². The third-order valence-corrected chi connectivity index (χ3v) is 4.00. The van der Waals surface area contributed by atoms with Crippen molar-refractivity contribution in [1.29, 1.82) is 0 Å². The molecule has 0 spiro atoms. The minimum Gasteiger partial charge on any atom is -0.329 e. The van der Waals surface area contributed by atoms with E-state index in [0.29, 0.717) is 0 Å². The van der Waals surface area contributed by atoms with Gasteiger partial charge in [0, 0.05) is 44.3 Å². The Morgan fingerprint density at radius 1 is 1.19 bits per heavy atom. The first kappa shape index (κ1) is 13.9. The van der Waals surface area contributed by atoms with Crippen LogP contribution in [0.3, 0.4) is 0 Å². The van der Waals surface area contributed by atoms with Crippen LogP contribution in [-0.4, -0.2) is 54.1 Å². The highest BCUT2D eigenvalue weighted by molar-refractivity contribution is 4.87. The molecule has 3 heteroatoms. The third kappa shape index (κ3) is 3.44. The molecule has 1 saturated heterocycles. The summed E-state index contributed by atoms with van der Waals surface area (Å²) in [5, 5.41) is 0. The summed E-state index contributed by atoms with van der Waals surface area (Å²) in [6.07, 6.45) is 2.61. The van der Waals surface area contributed by atoms with E-state index in [1.54, 1.807) is 0 Å². The van der Waals surface area contributed by atoms with Crippen molar-refractivity contribution in [3.05, 3.63) is 0 Å². The van der Waals surface area contributed by atoms with Crippen molar-refractivity contribution < 1.29 is 0 Å². The Kier molecular flexibility index (Phi) is 5.22. The Morgan fingerprint density at radius 2 is 1.75 bits per heavy atom. The van der Waals surface area contributed by atoms with Crippen molar-refractivity contribution in [2.45, 2.75) is 52.1 Å². The zero-order valence-electron chi connectivity index (χ0n) is 11.5. The lowest BCUT2D eigenvalue weighted by molar-refractivity contribution is 0.0394. The van der Waals surface area contributed by atoms with Crippen molar-refractivity contribution in [2.24, 2.45) is 5.73 Å². The normalized spacial score (nSPS) is 22.3. The summed E-state index contributed by atoms with van der Waals surface area (Å²) in [5.74, 6) is 0. The quantitative estimate of drug-likeness (QED) is 0.773. The summed E-state index contributed by atoms with van der Waals surface area (Å²) in [6.45, 7) is 14.6. The maximum Gasteiger partial charge on any atom is 0.0276 e. The topological polar surface area (TPSA) is 32.5 Å². The molecule has 1 atom stereocenters. The molecule has 1 aliphatic rings. The number of hydrogen-bond acceptors (Lipinski definition) is 3. The molecule has 1 aliphatic heterocycles. The van der Waals surface area contributed by atoms with Crippen LogP contribution >= 0.6 is 0 Å². The van der Waals surface area contributed by atoms with Crippen LogP contribution in [0.25, 0.3) is 0 Å². The zero-order chi connectivity index (χ0) is 12.2. The van der Waals surface area contributed by atoms with Crippen LogP contribution in [-0.2, 0) is 0 Å². The van der Waals surface area contributed by atoms with Gasteiger partial charge in [-0.15, -0.1) is 0 Å². The van der Waals surface area contributed by atoms with Gasteiger partial charge in [0.25, 0.3) is 0 Å². The van der Waals surface area contributed by atoms with Gasteiger partial charge < -0.3 is 5.73 Å².